The maximum absolute atomic E-state index is 13.9. The summed E-state index contributed by atoms with van der Waals surface area (Å²) in [6.07, 6.45) is 0.801. The minimum Gasteiger partial charge on any atom is -0.550 e. The first kappa shape index (κ1) is 18.9. The molecule has 2 N–H and O–H groups in total. The maximum Gasteiger partial charge on any atom is 0.267 e. The molecule has 2 rings (SSSR count). The van der Waals surface area contributed by atoms with Crippen LogP contribution in [-0.2, 0) is 9.59 Å². The first-order valence-electron chi connectivity index (χ1n) is 7.78. The summed E-state index contributed by atoms with van der Waals surface area (Å²) in [6.45, 7) is -0.184. The van der Waals surface area contributed by atoms with Crippen molar-refractivity contribution in [3.63, 3.8) is 0 Å². The number of carbonyl (C=O) groups is 3. The molecular formula is C19H16FN2O4-. The number of carbonyl (C=O) groups excluding carboxylic acids is 3. The van der Waals surface area contributed by atoms with E-state index in [9.17, 15) is 23.9 Å². The van der Waals surface area contributed by atoms with E-state index in [0.717, 1.165) is 0 Å². The average Bonchev–Trinajstić information content (AvgIpc) is 2.63. The highest BCUT2D eigenvalue weighted by Crippen LogP contribution is 2.11. The summed E-state index contributed by atoms with van der Waals surface area (Å²) in [7, 11) is 0. The van der Waals surface area contributed by atoms with Crippen molar-refractivity contribution in [2.24, 2.45) is 0 Å². The van der Waals surface area contributed by atoms with Gasteiger partial charge < -0.3 is 20.5 Å². The largest absolute Gasteiger partial charge is 0.550 e. The zero-order valence-corrected chi connectivity index (χ0v) is 13.7. The number of rotatable bonds is 7. The van der Waals surface area contributed by atoms with Crippen LogP contribution < -0.4 is 15.7 Å². The van der Waals surface area contributed by atoms with Gasteiger partial charge in [0.1, 0.15) is 11.5 Å². The Labute approximate surface area is 149 Å². The number of carboxylic acid groups (broad SMARTS) is 1. The van der Waals surface area contributed by atoms with Crippen LogP contribution in [0.5, 0.6) is 0 Å². The lowest BCUT2D eigenvalue weighted by Gasteiger charge is -2.11. The van der Waals surface area contributed by atoms with Gasteiger partial charge >= 0.3 is 0 Å². The second kappa shape index (κ2) is 9.12. The minimum atomic E-state index is -1.32. The van der Waals surface area contributed by atoms with Crippen molar-refractivity contribution in [3.05, 3.63) is 77.2 Å². The second-order valence-electron chi connectivity index (χ2n) is 5.28. The Balaban J connectivity index is 2.23. The highest BCUT2D eigenvalue weighted by atomic mass is 19.1. The summed E-state index contributed by atoms with van der Waals surface area (Å²) >= 11 is 0. The summed E-state index contributed by atoms with van der Waals surface area (Å²) in [4.78, 5) is 35.0. The van der Waals surface area contributed by atoms with E-state index >= 15 is 0 Å². The minimum absolute atomic E-state index is 0.103. The van der Waals surface area contributed by atoms with E-state index < -0.39 is 23.6 Å². The molecule has 0 heterocycles. The lowest BCUT2D eigenvalue weighted by Crippen LogP contribution is -2.37. The van der Waals surface area contributed by atoms with Crippen LogP contribution in [-0.4, -0.2) is 24.3 Å². The molecule has 134 valence electrons. The Morgan fingerprint density at radius 1 is 1.00 bits per heavy atom. The van der Waals surface area contributed by atoms with Gasteiger partial charge in [-0.25, -0.2) is 4.39 Å². The van der Waals surface area contributed by atoms with E-state index in [-0.39, 0.29) is 24.2 Å². The summed E-state index contributed by atoms with van der Waals surface area (Å²) < 4.78 is 13.9. The summed E-state index contributed by atoms with van der Waals surface area (Å²) in [5, 5.41) is 15.2. The Kier molecular flexibility index (Phi) is 6.61. The molecule has 0 fully saturated rings. The fourth-order valence-electron chi connectivity index (χ4n) is 2.06. The van der Waals surface area contributed by atoms with Crippen molar-refractivity contribution in [1.82, 2.24) is 10.6 Å². The Morgan fingerprint density at radius 3 is 2.31 bits per heavy atom. The molecule has 0 atom stereocenters. The third-order valence-corrected chi connectivity index (χ3v) is 3.35. The summed E-state index contributed by atoms with van der Waals surface area (Å²) in [5.41, 5.74) is 0.211. The Hall–Kier alpha value is -3.48. The molecule has 2 amide bonds. The van der Waals surface area contributed by atoms with Crippen LogP contribution in [0.15, 0.2) is 60.3 Å². The molecule has 2 aromatic rings. The zero-order chi connectivity index (χ0) is 18.9. The van der Waals surface area contributed by atoms with Crippen LogP contribution >= 0.6 is 0 Å². The first-order chi connectivity index (χ1) is 12.5. The molecule has 0 aromatic heterocycles. The van der Waals surface area contributed by atoms with Crippen molar-refractivity contribution in [2.75, 3.05) is 6.54 Å². The fraction of sp³-hybridized carbons (Fsp3) is 0.105. The standard InChI is InChI=1S/C19H17FN2O4/c20-15-9-5-4-8-14(15)12-16(19(26)21-11-10-17(23)24)22-18(25)13-6-2-1-3-7-13/h1-9,12H,10-11H2,(H,21,26)(H,22,25)(H,23,24)/p-1/b16-12+. The first-order valence-corrected chi connectivity index (χ1v) is 7.78. The van der Waals surface area contributed by atoms with Crippen LogP contribution in [0.2, 0.25) is 0 Å². The molecule has 0 saturated carbocycles. The number of benzene rings is 2. The highest BCUT2D eigenvalue weighted by Gasteiger charge is 2.15. The van der Waals surface area contributed by atoms with E-state index in [2.05, 4.69) is 10.6 Å². The number of amides is 2. The van der Waals surface area contributed by atoms with Gasteiger partial charge in [-0.3, -0.25) is 9.59 Å². The normalized spacial score (nSPS) is 10.9. The molecule has 0 bridgehead atoms. The van der Waals surface area contributed by atoms with Gasteiger partial charge in [-0.05, 0) is 24.3 Å². The molecule has 0 aliphatic heterocycles. The predicted molar refractivity (Wildman–Crippen MR) is 90.9 cm³/mol. The van der Waals surface area contributed by atoms with Crippen LogP contribution in [0.4, 0.5) is 4.39 Å². The number of hydrogen-bond acceptors (Lipinski definition) is 4. The molecule has 0 unspecified atom stereocenters. The summed E-state index contributed by atoms with van der Waals surface area (Å²) in [6, 6.07) is 13.9. The third-order valence-electron chi connectivity index (χ3n) is 3.35. The lowest BCUT2D eigenvalue weighted by atomic mass is 10.1. The molecular weight excluding hydrogens is 339 g/mol. The van der Waals surface area contributed by atoms with Gasteiger partial charge in [0.2, 0.25) is 0 Å². The quantitative estimate of drug-likeness (QED) is 0.720. The molecule has 0 radical (unpaired) electrons. The predicted octanol–water partition coefficient (Wildman–Crippen LogP) is 0.853. The molecule has 6 nitrogen and oxygen atoms in total. The number of aliphatic carboxylic acids is 1. The van der Waals surface area contributed by atoms with Gasteiger partial charge in [-0.1, -0.05) is 36.4 Å². The summed E-state index contributed by atoms with van der Waals surface area (Å²) in [5.74, 6) is -3.18. The van der Waals surface area contributed by atoms with Crippen molar-refractivity contribution in [3.8, 4) is 0 Å². The highest BCUT2D eigenvalue weighted by molar-refractivity contribution is 6.05. The molecule has 2 aromatic carbocycles. The smallest absolute Gasteiger partial charge is 0.267 e. The van der Waals surface area contributed by atoms with Crippen molar-refractivity contribution >= 4 is 23.9 Å². The van der Waals surface area contributed by atoms with E-state index in [1.54, 1.807) is 36.4 Å². The third kappa shape index (κ3) is 5.55. The van der Waals surface area contributed by atoms with Gasteiger partial charge in [0, 0.05) is 30.1 Å². The Bertz CT molecular complexity index is 834. The van der Waals surface area contributed by atoms with E-state index in [0.29, 0.717) is 5.56 Å². The molecule has 26 heavy (non-hydrogen) atoms. The lowest BCUT2D eigenvalue weighted by molar-refractivity contribution is -0.305. The van der Waals surface area contributed by atoms with Gasteiger partial charge in [0.05, 0.1) is 0 Å². The fourth-order valence-corrected chi connectivity index (χ4v) is 2.06. The van der Waals surface area contributed by atoms with Gasteiger partial charge in [-0.2, -0.15) is 0 Å². The van der Waals surface area contributed by atoms with E-state index in [4.69, 9.17) is 0 Å². The number of hydrogen-bond donors (Lipinski definition) is 2. The van der Waals surface area contributed by atoms with Gasteiger partial charge in [0.15, 0.2) is 0 Å². The zero-order valence-electron chi connectivity index (χ0n) is 13.7. The molecule has 0 spiro atoms. The van der Waals surface area contributed by atoms with Crippen LogP contribution in [0.3, 0.4) is 0 Å². The molecule has 0 aliphatic carbocycles. The maximum atomic E-state index is 13.9. The van der Waals surface area contributed by atoms with Crippen molar-refractivity contribution in [2.45, 2.75) is 6.42 Å². The van der Waals surface area contributed by atoms with Crippen LogP contribution in [0.1, 0.15) is 22.3 Å². The molecule has 0 aliphatic rings. The topological polar surface area (TPSA) is 98.3 Å². The molecule has 7 heteroatoms. The number of nitrogens with one attached hydrogen (secondary N) is 2. The number of halogens is 1. The average molecular weight is 355 g/mol. The van der Waals surface area contributed by atoms with Crippen LogP contribution in [0.25, 0.3) is 6.08 Å². The van der Waals surface area contributed by atoms with E-state index in [1.165, 1.54) is 24.3 Å². The van der Waals surface area contributed by atoms with E-state index in [1.807, 2.05) is 0 Å². The SMILES string of the molecule is O=C([O-])CCNC(=O)/C(=C\c1ccccc1F)NC(=O)c1ccccc1. The van der Waals surface area contributed by atoms with Gasteiger partial charge in [0.25, 0.3) is 11.8 Å². The van der Waals surface area contributed by atoms with Crippen molar-refractivity contribution in [1.29, 1.82) is 0 Å². The van der Waals surface area contributed by atoms with Gasteiger partial charge in [-0.15, -0.1) is 0 Å². The second-order valence-corrected chi connectivity index (χ2v) is 5.28. The molecule has 0 saturated heterocycles. The number of carboxylic acids is 1. The van der Waals surface area contributed by atoms with Crippen molar-refractivity contribution < 1.29 is 23.9 Å². The van der Waals surface area contributed by atoms with Crippen LogP contribution in [0, 0.1) is 5.82 Å². The monoisotopic (exact) mass is 355 g/mol. The Morgan fingerprint density at radius 2 is 1.65 bits per heavy atom.